The van der Waals surface area contributed by atoms with Gasteiger partial charge in [0.1, 0.15) is 0 Å². The second-order valence-corrected chi connectivity index (χ2v) is 5.28. The van der Waals surface area contributed by atoms with Gasteiger partial charge in [0.15, 0.2) is 0 Å². The van der Waals surface area contributed by atoms with Gasteiger partial charge in [-0.2, -0.15) is 0 Å². The minimum Gasteiger partial charge on any atom is -0.395 e. The van der Waals surface area contributed by atoms with Crippen LogP contribution in [0.4, 0.5) is 0 Å². The highest BCUT2D eigenvalue weighted by Gasteiger charge is 2.21. The quantitative estimate of drug-likeness (QED) is 0.822. The number of benzene rings is 1. The molecule has 1 heterocycles. The second kappa shape index (κ2) is 8.06. The van der Waals surface area contributed by atoms with Crippen LogP contribution in [0.25, 0.3) is 0 Å². The van der Waals surface area contributed by atoms with Gasteiger partial charge in [0.25, 0.3) is 0 Å². The molecule has 0 aromatic heterocycles. The summed E-state index contributed by atoms with van der Waals surface area (Å²) < 4.78 is 0. The maximum atomic E-state index is 9.45. The van der Waals surface area contributed by atoms with Crippen molar-refractivity contribution in [2.45, 2.75) is 38.3 Å². The van der Waals surface area contributed by atoms with Crippen LogP contribution in [0.2, 0.25) is 0 Å². The molecule has 3 heteroatoms. The number of likely N-dealkylation sites (tertiary alicyclic amines) is 1. The Labute approximate surface area is 121 Å². The van der Waals surface area contributed by atoms with Crippen LogP contribution in [-0.4, -0.2) is 40.9 Å². The molecule has 0 aliphatic carbocycles. The highest BCUT2D eigenvalue weighted by atomic mass is 16.3. The van der Waals surface area contributed by atoms with Gasteiger partial charge in [0, 0.05) is 24.6 Å². The molecule has 0 radical (unpaired) electrons. The van der Waals surface area contributed by atoms with Crippen LogP contribution in [0.5, 0.6) is 0 Å². The van der Waals surface area contributed by atoms with E-state index in [-0.39, 0.29) is 13.2 Å². The van der Waals surface area contributed by atoms with Crippen molar-refractivity contribution in [3.8, 4) is 11.8 Å². The van der Waals surface area contributed by atoms with Gasteiger partial charge < -0.3 is 10.2 Å². The number of aliphatic hydroxyl groups is 2. The molecule has 1 aliphatic heterocycles. The van der Waals surface area contributed by atoms with E-state index in [0.29, 0.717) is 12.5 Å². The van der Waals surface area contributed by atoms with Crippen molar-refractivity contribution in [2.24, 2.45) is 0 Å². The summed E-state index contributed by atoms with van der Waals surface area (Å²) in [6.07, 6.45) is 4.04. The Kier molecular flexibility index (Phi) is 6.07. The topological polar surface area (TPSA) is 43.7 Å². The molecular formula is C17H23NO2. The first-order valence-electron chi connectivity index (χ1n) is 7.37. The molecule has 2 rings (SSSR count). The summed E-state index contributed by atoms with van der Waals surface area (Å²) in [4.78, 5) is 2.36. The number of aliphatic hydroxyl groups excluding tert-OH is 2. The van der Waals surface area contributed by atoms with E-state index < -0.39 is 0 Å². The van der Waals surface area contributed by atoms with Crippen molar-refractivity contribution >= 4 is 0 Å². The molecule has 0 amide bonds. The van der Waals surface area contributed by atoms with Crippen molar-refractivity contribution in [3.63, 3.8) is 0 Å². The van der Waals surface area contributed by atoms with Crippen LogP contribution >= 0.6 is 0 Å². The molecular weight excluding hydrogens is 250 g/mol. The molecule has 3 nitrogen and oxygen atoms in total. The van der Waals surface area contributed by atoms with E-state index in [0.717, 1.165) is 25.1 Å². The first-order chi connectivity index (χ1) is 9.83. The van der Waals surface area contributed by atoms with E-state index in [9.17, 15) is 5.11 Å². The van der Waals surface area contributed by atoms with E-state index in [1.54, 1.807) is 0 Å². The van der Waals surface area contributed by atoms with E-state index in [1.807, 2.05) is 12.1 Å². The lowest BCUT2D eigenvalue weighted by atomic mass is 10.0. The molecule has 0 spiro atoms. The first kappa shape index (κ1) is 15.1. The summed E-state index contributed by atoms with van der Waals surface area (Å²) in [6.45, 7) is 2.29. The molecule has 1 aromatic rings. The zero-order valence-corrected chi connectivity index (χ0v) is 11.9. The van der Waals surface area contributed by atoms with E-state index in [4.69, 9.17) is 5.11 Å². The van der Waals surface area contributed by atoms with Crippen LogP contribution in [-0.2, 0) is 6.54 Å². The van der Waals surface area contributed by atoms with E-state index in [1.165, 1.54) is 18.4 Å². The third kappa shape index (κ3) is 4.35. The molecule has 20 heavy (non-hydrogen) atoms. The maximum Gasteiger partial charge on any atom is 0.0586 e. The van der Waals surface area contributed by atoms with Crippen molar-refractivity contribution in [2.75, 3.05) is 19.8 Å². The second-order valence-electron chi connectivity index (χ2n) is 5.28. The molecule has 1 aliphatic rings. The van der Waals surface area contributed by atoms with Gasteiger partial charge in [-0.05, 0) is 37.1 Å². The molecule has 1 atom stereocenters. The van der Waals surface area contributed by atoms with Crippen molar-refractivity contribution < 1.29 is 10.2 Å². The molecule has 1 aromatic carbocycles. The normalized spacial score (nSPS) is 19.4. The predicted molar refractivity (Wildman–Crippen MR) is 80.2 cm³/mol. The molecule has 0 saturated carbocycles. The fourth-order valence-corrected chi connectivity index (χ4v) is 2.68. The SMILES string of the molecule is OCCC#Cc1cccc(CN2CCCCC2CO)c1. The lowest BCUT2D eigenvalue weighted by Gasteiger charge is -2.34. The predicted octanol–water partition coefficient (Wildman–Crippen LogP) is 1.77. The van der Waals surface area contributed by atoms with Crippen LogP contribution < -0.4 is 0 Å². The Morgan fingerprint density at radius 1 is 1.25 bits per heavy atom. The number of rotatable bonds is 4. The summed E-state index contributed by atoms with van der Waals surface area (Å²) in [5.41, 5.74) is 2.23. The van der Waals surface area contributed by atoms with Crippen molar-refractivity contribution in [1.82, 2.24) is 4.90 Å². The average molecular weight is 273 g/mol. The molecule has 2 N–H and O–H groups in total. The van der Waals surface area contributed by atoms with Gasteiger partial charge in [0.05, 0.1) is 13.2 Å². The molecule has 0 bridgehead atoms. The highest BCUT2D eigenvalue weighted by Crippen LogP contribution is 2.19. The minimum absolute atomic E-state index is 0.110. The Morgan fingerprint density at radius 2 is 2.15 bits per heavy atom. The Balaban J connectivity index is 2.02. The minimum atomic E-state index is 0.110. The van der Waals surface area contributed by atoms with Crippen LogP contribution in [0.3, 0.4) is 0 Å². The fraction of sp³-hybridized carbons (Fsp3) is 0.529. The van der Waals surface area contributed by atoms with Gasteiger partial charge in [-0.15, -0.1) is 0 Å². The van der Waals surface area contributed by atoms with Crippen molar-refractivity contribution in [3.05, 3.63) is 35.4 Å². The standard InChI is InChI=1S/C17H23NO2/c19-11-4-2-6-15-7-5-8-16(12-15)13-18-10-3-1-9-17(18)14-20/h5,7-8,12,17,19-20H,1,3-4,9-11,13-14H2. The van der Waals surface area contributed by atoms with Gasteiger partial charge in [-0.25, -0.2) is 0 Å². The number of hydrogen-bond acceptors (Lipinski definition) is 3. The molecule has 1 fully saturated rings. The summed E-state index contributed by atoms with van der Waals surface area (Å²) in [5.74, 6) is 6.02. The Bertz CT molecular complexity index is 475. The third-order valence-corrected chi connectivity index (χ3v) is 3.74. The highest BCUT2D eigenvalue weighted by molar-refractivity contribution is 5.37. The molecule has 1 saturated heterocycles. The van der Waals surface area contributed by atoms with Gasteiger partial charge in [0.2, 0.25) is 0 Å². The zero-order valence-electron chi connectivity index (χ0n) is 11.9. The summed E-state index contributed by atoms with van der Waals surface area (Å²) in [6, 6.07) is 8.53. The van der Waals surface area contributed by atoms with E-state index >= 15 is 0 Å². The number of piperidine rings is 1. The molecule has 108 valence electrons. The smallest absolute Gasteiger partial charge is 0.0586 e. The third-order valence-electron chi connectivity index (χ3n) is 3.74. The lowest BCUT2D eigenvalue weighted by Crippen LogP contribution is -2.41. The van der Waals surface area contributed by atoms with Gasteiger partial charge >= 0.3 is 0 Å². The van der Waals surface area contributed by atoms with Gasteiger partial charge in [-0.1, -0.05) is 30.4 Å². The van der Waals surface area contributed by atoms with Crippen LogP contribution in [0, 0.1) is 11.8 Å². The van der Waals surface area contributed by atoms with E-state index in [2.05, 4.69) is 28.9 Å². The van der Waals surface area contributed by atoms with Gasteiger partial charge in [-0.3, -0.25) is 4.90 Å². The molecule has 1 unspecified atom stereocenters. The van der Waals surface area contributed by atoms with Crippen LogP contribution in [0.15, 0.2) is 24.3 Å². The first-order valence-corrected chi connectivity index (χ1v) is 7.37. The largest absolute Gasteiger partial charge is 0.395 e. The number of hydrogen-bond donors (Lipinski definition) is 2. The van der Waals surface area contributed by atoms with Crippen molar-refractivity contribution in [1.29, 1.82) is 0 Å². The summed E-state index contributed by atoms with van der Waals surface area (Å²) >= 11 is 0. The summed E-state index contributed by atoms with van der Waals surface area (Å²) in [7, 11) is 0. The zero-order chi connectivity index (χ0) is 14.2. The Hall–Kier alpha value is -1.34. The summed E-state index contributed by atoms with van der Waals surface area (Å²) in [5, 5.41) is 18.2. The lowest BCUT2D eigenvalue weighted by molar-refractivity contribution is 0.0841. The van der Waals surface area contributed by atoms with Crippen LogP contribution in [0.1, 0.15) is 36.8 Å². The maximum absolute atomic E-state index is 9.45. The average Bonchev–Trinajstić information content (AvgIpc) is 2.48. The fourth-order valence-electron chi connectivity index (χ4n) is 2.68. The number of nitrogens with zero attached hydrogens (tertiary/aromatic N) is 1. The monoisotopic (exact) mass is 273 g/mol. The Morgan fingerprint density at radius 3 is 2.95 bits per heavy atom.